The maximum Gasteiger partial charge on any atom is 0.251 e. The van der Waals surface area contributed by atoms with E-state index < -0.39 is 0 Å². The second kappa shape index (κ2) is 11.5. The first-order valence-corrected chi connectivity index (χ1v) is 8.88. The molecule has 0 fully saturated rings. The lowest BCUT2D eigenvalue weighted by Gasteiger charge is -2.13. The van der Waals surface area contributed by atoms with Gasteiger partial charge in [0.25, 0.3) is 5.91 Å². The third-order valence-corrected chi connectivity index (χ3v) is 3.66. The fourth-order valence-electron chi connectivity index (χ4n) is 2.29. The van der Waals surface area contributed by atoms with E-state index in [1.165, 1.54) is 6.42 Å². The summed E-state index contributed by atoms with van der Waals surface area (Å²) in [6.45, 7) is 8.76. The number of aliphatic imine (C=N–C) groups is 1. The first-order valence-electron chi connectivity index (χ1n) is 8.88. The second-order valence-corrected chi connectivity index (χ2v) is 6.34. The highest BCUT2D eigenvalue weighted by Crippen LogP contribution is 2.05. The zero-order valence-electron chi connectivity index (χ0n) is 15.5. The summed E-state index contributed by atoms with van der Waals surface area (Å²) in [7, 11) is 1.77. The molecule has 24 heavy (non-hydrogen) atoms. The minimum Gasteiger partial charge on any atom is -0.356 e. The predicted molar refractivity (Wildman–Crippen MR) is 101 cm³/mol. The van der Waals surface area contributed by atoms with Crippen molar-refractivity contribution in [2.75, 3.05) is 20.1 Å². The average Bonchev–Trinajstić information content (AvgIpc) is 2.59. The van der Waals surface area contributed by atoms with Crippen LogP contribution in [0.5, 0.6) is 0 Å². The van der Waals surface area contributed by atoms with Crippen LogP contribution in [0.1, 0.15) is 56.0 Å². The summed E-state index contributed by atoms with van der Waals surface area (Å²) in [5.41, 5.74) is 1.76. The zero-order valence-corrected chi connectivity index (χ0v) is 15.5. The van der Waals surface area contributed by atoms with Gasteiger partial charge in [-0.3, -0.25) is 9.79 Å². The van der Waals surface area contributed by atoms with Gasteiger partial charge in [0, 0.05) is 32.2 Å². The van der Waals surface area contributed by atoms with Gasteiger partial charge in [-0.25, -0.2) is 0 Å². The quantitative estimate of drug-likeness (QED) is 0.370. The molecule has 0 aliphatic carbocycles. The molecule has 0 saturated carbocycles. The van der Waals surface area contributed by atoms with Crippen LogP contribution in [0.3, 0.4) is 0 Å². The van der Waals surface area contributed by atoms with Crippen molar-refractivity contribution in [3.05, 3.63) is 35.4 Å². The molecule has 0 aromatic heterocycles. The Morgan fingerprint density at radius 2 is 1.96 bits per heavy atom. The number of guanidine groups is 1. The fourth-order valence-corrected chi connectivity index (χ4v) is 2.29. The maximum absolute atomic E-state index is 12.0. The number of carbonyl (C=O) groups excluding carboxylic acids is 1. The lowest BCUT2D eigenvalue weighted by atomic mass is 10.1. The lowest BCUT2D eigenvalue weighted by Crippen LogP contribution is -2.37. The van der Waals surface area contributed by atoms with Crippen LogP contribution in [0.4, 0.5) is 0 Å². The molecule has 0 aliphatic rings. The third kappa shape index (κ3) is 7.99. The Balaban J connectivity index is 2.46. The van der Waals surface area contributed by atoms with Crippen molar-refractivity contribution >= 4 is 11.9 Å². The Labute approximate surface area is 146 Å². The Morgan fingerprint density at radius 1 is 1.17 bits per heavy atom. The van der Waals surface area contributed by atoms with Gasteiger partial charge >= 0.3 is 0 Å². The van der Waals surface area contributed by atoms with Crippen LogP contribution >= 0.6 is 0 Å². The van der Waals surface area contributed by atoms with Gasteiger partial charge in [-0.15, -0.1) is 0 Å². The summed E-state index contributed by atoms with van der Waals surface area (Å²) in [5.74, 6) is 1.50. The highest BCUT2D eigenvalue weighted by atomic mass is 16.1. The molecule has 0 spiro atoms. The maximum atomic E-state index is 12.0. The van der Waals surface area contributed by atoms with Crippen molar-refractivity contribution in [1.29, 1.82) is 0 Å². The standard InChI is InChI=1S/C19H32N4O/c1-5-11-21-18(24)17-10-6-9-16(13-17)14-23-19(20-4)22-12-7-8-15(2)3/h6,9-10,13,15H,5,7-8,11-12,14H2,1-4H3,(H,21,24)(H2,20,22,23). The van der Waals surface area contributed by atoms with Crippen LogP contribution in [0.15, 0.2) is 29.3 Å². The molecule has 0 saturated heterocycles. The van der Waals surface area contributed by atoms with E-state index in [0.717, 1.165) is 36.8 Å². The van der Waals surface area contributed by atoms with Crippen LogP contribution in [0, 0.1) is 5.92 Å². The van der Waals surface area contributed by atoms with Crippen LogP contribution in [-0.4, -0.2) is 32.0 Å². The van der Waals surface area contributed by atoms with Crippen LogP contribution in [0.2, 0.25) is 0 Å². The van der Waals surface area contributed by atoms with Gasteiger partial charge in [0.1, 0.15) is 0 Å². The summed E-state index contributed by atoms with van der Waals surface area (Å²) < 4.78 is 0. The third-order valence-electron chi connectivity index (χ3n) is 3.66. The van der Waals surface area contributed by atoms with E-state index in [1.807, 2.05) is 31.2 Å². The van der Waals surface area contributed by atoms with E-state index in [9.17, 15) is 4.79 Å². The van der Waals surface area contributed by atoms with Gasteiger partial charge in [-0.05, 0) is 42.9 Å². The molecule has 1 aromatic carbocycles. The average molecular weight is 332 g/mol. The van der Waals surface area contributed by atoms with Gasteiger partial charge in [0.05, 0.1) is 0 Å². The van der Waals surface area contributed by atoms with Gasteiger partial charge in [-0.1, -0.05) is 32.9 Å². The molecule has 0 heterocycles. The summed E-state index contributed by atoms with van der Waals surface area (Å²) in [4.78, 5) is 16.2. The molecule has 5 nitrogen and oxygen atoms in total. The molecule has 134 valence electrons. The minimum absolute atomic E-state index is 0.0186. The van der Waals surface area contributed by atoms with Gasteiger partial charge in [-0.2, -0.15) is 0 Å². The van der Waals surface area contributed by atoms with Gasteiger partial charge < -0.3 is 16.0 Å². The van der Waals surface area contributed by atoms with Crippen molar-refractivity contribution in [1.82, 2.24) is 16.0 Å². The number of hydrogen-bond acceptors (Lipinski definition) is 2. The Kier molecular flexibility index (Phi) is 9.58. The van der Waals surface area contributed by atoms with Crippen molar-refractivity contribution in [3.8, 4) is 0 Å². The summed E-state index contributed by atoms with van der Waals surface area (Å²) in [5, 5.41) is 9.51. The van der Waals surface area contributed by atoms with E-state index in [0.29, 0.717) is 18.7 Å². The minimum atomic E-state index is -0.0186. The lowest BCUT2D eigenvalue weighted by molar-refractivity contribution is 0.0953. The van der Waals surface area contributed by atoms with E-state index in [-0.39, 0.29) is 5.91 Å². The van der Waals surface area contributed by atoms with Crippen molar-refractivity contribution < 1.29 is 4.79 Å². The number of amides is 1. The van der Waals surface area contributed by atoms with E-state index in [1.54, 1.807) is 7.05 Å². The number of nitrogens with one attached hydrogen (secondary N) is 3. The topological polar surface area (TPSA) is 65.5 Å². The van der Waals surface area contributed by atoms with E-state index in [4.69, 9.17) is 0 Å². The molecule has 0 atom stereocenters. The Hall–Kier alpha value is -2.04. The number of nitrogens with zero attached hydrogens (tertiary/aromatic N) is 1. The molecular weight excluding hydrogens is 300 g/mol. The summed E-state index contributed by atoms with van der Waals surface area (Å²) in [6.07, 6.45) is 3.27. The molecule has 1 rings (SSSR count). The molecule has 1 amide bonds. The molecule has 0 unspecified atom stereocenters. The van der Waals surface area contributed by atoms with Crippen molar-refractivity contribution in [3.63, 3.8) is 0 Å². The molecular formula is C19H32N4O. The van der Waals surface area contributed by atoms with Crippen LogP contribution in [-0.2, 0) is 6.54 Å². The fraction of sp³-hybridized carbons (Fsp3) is 0.579. The highest BCUT2D eigenvalue weighted by Gasteiger charge is 2.05. The SMILES string of the molecule is CCCNC(=O)c1cccc(CNC(=NC)NCCCC(C)C)c1. The number of carbonyl (C=O) groups is 1. The number of rotatable bonds is 9. The second-order valence-electron chi connectivity index (χ2n) is 6.34. The summed E-state index contributed by atoms with van der Waals surface area (Å²) >= 11 is 0. The first kappa shape index (κ1) is 20.0. The van der Waals surface area contributed by atoms with Crippen molar-refractivity contribution in [2.45, 2.75) is 46.6 Å². The Bertz CT molecular complexity index is 526. The van der Waals surface area contributed by atoms with Crippen molar-refractivity contribution in [2.24, 2.45) is 10.9 Å². The normalized spacial score (nSPS) is 11.5. The molecule has 5 heteroatoms. The zero-order chi connectivity index (χ0) is 17.8. The first-order chi connectivity index (χ1) is 11.6. The molecule has 0 bridgehead atoms. The van der Waals surface area contributed by atoms with Crippen LogP contribution in [0.25, 0.3) is 0 Å². The van der Waals surface area contributed by atoms with E-state index >= 15 is 0 Å². The van der Waals surface area contributed by atoms with E-state index in [2.05, 4.69) is 34.8 Å². The molecule has 0 aliphatic heterocycles. The predicted octanol–water partition coefficient (Wildman–Crippen LogP) is 2.93. The Morgan fingerprint density at radius 3 is 2.62 bits per heavy atom. The molecule has 1 aromatic rings. The highest BCUT2D eigenvalue weighted by molar-refractivity contribution is 5.94. The van der Waals surface area contributed by atoms with Gasteiger partial charge in [0.2, 0.25) is 0 Å². The molecule has 3 N–H and O–H groups in total. The van der Waals surface area contributed by atoms with Crippen LogP contribution < -0.4 is 16.0 Å². The summed E-state index contributed by atoms with van der Waals surface area (Å²) in [6, 6.07) is 7.68. The monoisotopic (exact) mass is 332 g/mol. The number of hydrogen-bond donors (Lipinski definition) is 3. The number of benzene rings is 1. The largest absolute Gasteiger partial charge is 0.356 e. The molecule has 0 radical (unpaired) electrons. The smallest absolute Gasteiger partial charge is 0.251 e. The van der Waals surface area contributed by atoms with Gasteiger partial charge in [0.15, 0.2) is 5.96 Å².